The predicted octanol–water partition coefficient (Wildman–Crippen LogP) is 5.16. The third-order valence-corrected chi connectivity index (χ3v) is 3.73. The summed E-state index contributed by atoms with van der Waals surface area (Å²) in [6.45, 7) is 4.49. The van der Waals surface area contributed by atoms with Crippen molar-refractivity contribution < 1.29 is 13.5 Å². The fourth-order valence-electron chi connectivity index (χ4n) is 2.28. The number of ether oxygens (including phenoxy) is 1. The summed E-state index contributed by atoms with van der Waals surface area (Å²) in [6.07, 6.45) is 0.483. The van der Waals surface area contributed by atoms with Gasteiger partial charge in [0.25, 0.3) is 0 Å². The van der Waals surface area contributed by atoms with Gasteiger partial charge < -0.3 is 4.74 Å². The summed E-state index contributed by atoms with van der Waals surface area (Å²) in [5.41, 5.74) is 2.16. The van der Waals surface area contributed by atoms with Gasteiger partial charge in [0.2, 0.25) is 0 Å². The molecule has 0 saturated carbocycles. The Kier molecular flexibility index (Phi) is 5.70. The number of hydrogen-bond acceptors (Lipinski definition) is 2. The number of nitriles is 1. The molecule has 4 heteroatoms. The molecule has 2 aromatic rings. The zero-order valence-corrected chi connectivity index (χ0v) is 13.2. The van der Waals surface area contributed by atoms with Crippen molar-refractivity contribution in [2.45, 2.75) is 32.1 Å². The van der Waals surface area contributed by atoms with E-state index < -0.39 is 11.6 Å². The molecule has 0 aromatic heterocycles. The average molecular weight is 315 g/mol. The highest BCUT2D eigenvalue weighted by Gasteiger charge is 2.12. The summed E-state index contributed by atoms with van der Waals surface area (Å²) >= 11 is 0. The first-order valence-corrected chi connectivity index (χ1v) is 7.58. The Labute approximate surface area is 135 Å². The smallest absolute Gasteiger partial charge is 0.162 e. The van der Waals surface area contributed by atoms with E-state index in [2.05, 4.69) is 19.9 Å². The van der Waals surface area contributed by atoms with Crippen LogP contribution in [0.15, 0.2) is 42.5 Å². The van der Waals surface area contributed by atoms with E-state index in [1.54, 1.807) is 0 Å². The molecule has 2 aromatic carbocycles. The predicted molar refractivity (Wildman–Crippen MR) is 85.4 cm³/mol. The molecule has 0 heterocycles. The topological polar surface area (TPSA) is 33.0 Å². The number of benzene rings is 2. The van der Waals surface area contributed by atoms with Crippen molar-refractivity contribution in [3.8, 4) is 11.8 Å². The lowest BCUT2D eigenvalue weighted by molar-refractivity contribution is 0.303. The van der Waals surface area contributed by atoms with Crippen molar-refractivity contribution >= 4 is 0 Å². The van der Waals surface area contributed by atoms with E-state index in [0.29, 0.717) is 12.3 Å². The molecule has 0 bridgehead atoms. The molecular formula is C19H19F2NO. The van der Waals surface area contributed by atoms with Crippen LogP contribution in [0.5, 0.6) is 5.75 Å². The second-order valence-electron chi connectivity index (χ2n) is 5.72. The van der Waals surface area contributed by atoms with Crippen LogP contribution in [0.2, 0.25) is 0 Å². The number of halogens is 2. The molecular weight excluding hydrogens is 296 g/mol. The van der Waals surface area contributed by atoms with Gasteiger partial charge in [0.05, 0.1) is 18.6 Å². The van der Waals surface area contributed by atoms with Gasteiger partial charge >= 0.3 is 0 Å². The summed E-state index contributed by atoms with van der Waals surface area (Å²) < 4.78 is 31.3. The molecule has 0 spiro atoms. The molecule has 23 heavy (non-hydrogen) atoms. The monoisotopic (exact) mass is 315 g/mol. The van der Waals surface area contributed by atoms with Gasteiger partial charge in [-0.05, 0) is 29.2 Å². The Morgan fingerprint density at radius 2 is 1.65 bits per heavy atom. The maximum Gasteiger partial charge on any atom is 0.162 e. The Morgan fingerprint density at radius 1 is 1.00 bits per heavy atom. The van der Waals surface area contributed by atoms with E-state index >= 15 is 0 Å². The van der Waals surface area contributed by atoms with Crippen molar-refractivity contribution in [1.82, 2.24) is 0 Å². The number of nitrogens with zero attached hydrogens (tertiary/aromatic N) is 1. The second-order valence-corrected chi connectivity index (χ2v) is 5.72. The minimum atomic E-state index is -0.941. The molecule has 0 aliphatic carbocycles. The highest BCUT2D eigenvalue weighted by molar-refractivity contribution is 5.30. The molecule has 0 aliphatic rings. The zero-order chi connectivity index (χ0) is 16.8. The van der Waals surface area contributed by atoms with Crippen molar-refractivity contribution in [1.29, 1.82) is 5.26 Å². The van der Waals surface area contributed by atoms with Crippen LogP contribution in [0.1, 0.15) is 43.2 Å². The van der Waals surface area contributed by atoms with Crippen LogP contribution >= 0.6 is 0 Å². The molecule has 1 unspecified atom stereocenters. The SMILES string of the molecule is CC(C)c1ccc(C(C#N)CCOc2ccc(F)c(F)c2)cc1. The highest BCUT2D eigenvalue weighted by atomic mass is 19.2. The van der Waals surface area contributed by atoms with Crippen LogP contribution in [0, 0.1) is 23.0 Å². The fraction of sp³-hybridized carbons (Fsp3) is 0.316. The van der Waals surface area contributed by atoms with Gasteiger partial charge in [-0.3, -0.25) is 0 Å². The lowest BCUT2D eigenvalue weighted by atomic mass is 9.94. The summed E-state index contributed by atoms with van der Waals surface area (Å²) in [5, 5.41) is 9.32. The largest absolute Gasteiger partial charge is 0.493 e. The van der Waals surface area contributed by atoms with Gasteiger partial charge in [-0.2, -0.15) is 5.26 Å². The molecule has 0 saturated heterocycles. The van der Waals surface area contributed by atoms with Gasteiger partial charge in [0.1, 0.15) is 5.75 Å². The van der Waals surface area contributed by atoms with E-state index in [1.807, 2.05) is 24.3 Å². The fourth-order valence-corrected chi connectivity index (χ4v) is 2.28. The van der Waals surface area contributed by atoms with Crippen LogP contribution in [-0.2, 0) is 0 Å². The van der Waals surface area contributed by atoms with Crippen molar-refractivity contribution in [3.63, 3.8) is 0 Å². The first-order chi connectivity index (χ1) is 11.0. The lowest BCUT2D eigenvalue weighted by Gasteiger charge is -2.12. The first-order valence-electron chi connectivity index (χ1n) is 7.58. The maximum atomic E-state index is 13.1. The average Bonchev–Trinajstić information content (AvgIpc) is 2.55. The summed E-state index contributed by atoms with van der Waals surface area (Å²) in [5.74, 6) is -1.43. The maximum absolute atomic E-state index is 13.1. The molecule has 1 atom stereocenters. The normalized spacial score (nSPS) is 12.0. The Bertz CT molecular complexity index is 690. The minimum Gasteiger partial charge on any atom is -0.493 e. The van der Waals surface area contributed by atoms with Crippen LogP contribution in [-0.4, -0.2) is 6.61 Å². The van der Waals surface area contributed by atoms with E-state index in [9.17, 15) is 14.0 Å². The summed E-state index contributed by atoms with van der Waals surface area (Å²) in [6, 6.07) is 13.6. The second kappa shape index (κ2) is 7.73. The highest BCUT2D eigenvalue weighted by Crippen LogP contribution is 2.23. The van der Waals surface area contributed by atoms with Gasteiger partial charge in [-0.15, -0.1) is 0 Å². The van der Waals surface area contributed by atoms with Gasteiger partial charge in [-0.1, -0.05) is 38.1 Å². The van der Waals surface area contributed by atoms with E-state index in [0.717, 1.165) is 17.7 Å². The molecule has 120 valence electrons. The Morgan fingerprint density at radius 3 is 2.22 bits per heavy atom. The minimum absolute atomic E-state index is 0.259. The van der Waals surface area contributed by atoms with Crippen molar-refractivity contribution in [3.05, 3.63) is 65.2 Å². The van der Waals surface area contributed by atoms with Crippen LogP contribution in [0.3, 0.4) is 0 Å². The molecule has 0 aliphatic heterocycles. The Hall–Kier alpha value is -2.41. The zero-order valence-electron chi connectivity index (χ0n) is 13.2. The lowest BCUT2D eigenvalue weighted by Crippen LogP contribution is -2.05. The first kappa shape index (κ1) is 17.0. The van der Waals surface area contributed by atoms with E-state index in [-0.39, 0.29) is 18.3 Å². The third kappa shape index (κ3) is 4.53. The Balaban J connectivity index is 1.94. The van der Waals surface area contributed by atoms with Crippen LogP contribution < -0.4 is 4.74 Å². The van der Waals surface area contributed by atoms with Crippen LogP contribution in [0.4, 0.5) is 8.78 Å². The third-order valence-electron chi connectivity index (χ3n) is 3.73. The molecule has 2 nitrogen and oxygen atoms in total. The summed E-state index contributed by atoms with van der Waals surface area (Å²) in [4.78, 5) is 0. The summed E-state index contributed by atoms with van der Waals surface area (Å²) in [7, 11) is 0. The molecule has 0 radical (unpaired) electrons. The van der Waals surface area contributed by atoms with Gasteiger partial charge in [0, 0.05) is 12.5 Å². The molecule has 0 fully saturated rings. The van der Waals surface area contributed by atoms with Crippen molar-refractivity contribution in [2.75, 3.05) is 6.61 Å². The molecule has 0 amide bonds. The van der Waals surface area contributed by atoms with E-state index in [4.69, 9.17) is 4.74 Å². The van der Waals surface area contributed by atoms with Gasteiger partial charge in [-0.25, -0.2) is 8.78 Å². The number of hydrogen-bond donors (Lipinski definition) is 0. The quantitative estimate of drug-likeness (QED) is 0.737. The molecule has 2 rings (SSSR count). The van der Waals surface area contributed by atoms with E-state index in [1.165, 1.54) is 11.6 Å². The van der Waals surface area contributed by atoms with Crippen LogP contribution in [0.25, 0.3) is 0 Å². The molecule has 0 N–H and O–H groups in total. The number of rotatable bonds is 6. The van der Waals surface area contributed by atoms with Crippen molar-refractivity contribution in [2.24, 2.45) is 0 Å². The van der Waals surface area contributed by atoms with Gasteiger partial charge in [0.15, 0.2) is 11.6 Å². The standard InChI is InChI=1S/C19H19F2NO/c1-13(2)14-3-5-15(6-4-14)16(12-22)9-10-23-17-7-8-18(20)19(21)11-17/h3-8,11,13,16H,9-10H2,1-2H3.